The zero-order valence-electron chi connectivity index (χ0n) is 15.2. The molecule has 0 radical (unpaired) electrons. The highest BCUT2D eigenvalue weighted by atomic mass is 32.1. The molecule has 3 rings (SSSR count). The number of furan rings is 1. The van der Waals surface area contributed by atoms with Crippen LogP contribution in [0.1, 0.15) is 34.5 Å². The van der Waals surface area contributed by atoms with Gasteiger partial charge in [-0.25, -0.2) is 4.98 Å². The van der Waals surface area contributed by atoms with Crippen molar-refractivity contribution in [3.63, 3.8) is 0 Å². The molecule has 2 heterocycles. The first-order chi connectivity index (χ1) is 13.0. The lowest BCUT2D eigenvalue weighted by atomic mass is 10.0. The standard InChI is InChI=1S/C20H21N3O3S/c1-13-7-8-15(14(2)11-13)16-12-27-20(22-16)23-18(24)6-3-9-21-19(25)17-5-4-10-26-17/h4-5,7-8,10-12H,3,6,9H2,1-2H3,(H,21,25)(H,22,23,24). The van der Waals surface area contributed by atoms with E-state index in [0.717, 1.165) is 16.8 Å². The Morgan fingerprint density at radius 2 is 2.07 bits per heavy atom. The summed E-state index contributed by atoms with van der Waals surface area (Å²) in [6.07, 6.45) is 2.28. The molecule has 0 bridgehead atoms. The Morgan fingerprint density at radius 3 is 2.81 bits per heavy atom. The SMILES string of the molecule is Cc1ccc(-c2csc(NC(=O)CCCNC(=O)c3ccco3)n2)c(C)c1. The predicted molar refractivity (Wildman–Crippen MR) is 106 cm³/mol. The number of aromatic nitrogens is 1. The molecule has 0 spiro atoms. The lowest BCUT2D eigenvalue weighted by Crippen LogP contribution is -2.25. The van der Waals surface area contributed by atoms with Crippen LogP contribution < -0.4 is 10.6 Å². The van der Waals surface area contributed by atoms with E-state index in [2.05, 4.69) is 41.6 Å². The lowest BCUT2D eigenvalue weighted by Gasteiger charge is -2.04. The molecule has 2 N–H and O–H groups in total. The predicted octanol–water partition coefficient (Wildman–Crippen LogP) is 4.17. The maximum atomic E-state index is 12.1. The van der Waals surface area contributed by atoms with Gasteiger partial charge in [0.25, 0.3) is 5.91 Å². The highest BCUT2D eigenvalue weighted by Gasteiger charge is 2.11. The number of benzene rings is 1. The van der Waals surface area contributed by atoms with Crippen molar-refractivity contribution < 1.29 is 14.0 Å². The summed E-state index contributed by atoms with van der Waals surface area (Å²) in [6, 6.07) is 9.47. The minimum atomic E-state index is -0.279. The number of amides is 2. The molecule has 6 nitrogen and oxygen atoms in total. The average Bonchev–Trinajstić information content (AvgIpc) is 3.30. The van der Waals surface area contributed by atoms with Gasteiger partial charge in [0.15, 0.2) is 10.9 Å². The van der Waals surface area contributed by atoms with Crippen LogP contribution in [-0.4, -0.2) is 23.3 Å². The normalized spacial score (nSPS) is 10.6. The van der Waals surface area contributed by atoms with Crippen LogP contribution in [0.25, 0.3) is 11.3 Å². The minimum Gasteiger partial charge on any atom is -0.459 e. The third-order valence-corrected chi connectivity index (χ3v) is 4.78. The molecule has 0 saturated carbocycles. The Kier molecular flexibility index (Phi) is 6.03. The van der Waals surface area contributed by atoms with Crippen LogP contribution in [-0.2, 0) is 4.79 Å². The van der Waals surface area contributed by atoms with Crippen LogP contribution in [0.3, 0.4) is 0 Å². The van der Waals surface area contributed by atoms with Gasteiger partial charge in [-0.2, -0.15) is 0 Å². The minimum absolute atomic E-state index is 0.122. The zero-order chi connectivity index (χ0) is 19.2. The van der Waals surface area contributed by atoms with Crippen molar-refractivity contribution >= 4 is 28.3 Å². The van der Waals surface area contributed by atoms with Crippen molar-refractivity contribution in [3.05, 3.63) is 58.9 Å². The number of aryl methyl sites for hydroxylation is 2. The van der Waals surface area contributed by atoms with Gasteiger partial charge in [0.1, 0.15) is 0 Å². The molecule has 0 aliphatic heterocycles. The van der Waals surface area contributed by atoms with E-state index in [0.29, 0.717) is 24.5 Å². The molecule has 1 aromatic carbocycles. The van der Waals surface area contributed by atoms with Crippen LogP contribution in [0.5, 0.6) is 0 Å². The van der Waals surface area contributed by atoms with Crippen molar-refractivity contribution in [2.24, 2.45) is 0 Å². The summed E-state index contributed by atoms with van der Waals surface area (Å²) in [7, 11) is 0. The molecular formula is C20H21N3O3S. The van der Waals surface area contributed by atoms with E-state index < -0.39 is 0 Å². The zero-order valence-corrected chi connectivity index (χ0v) is 16.1. The number of hydrogen-bond acceptors (Lipinski definition) is 5. The second-order valence-corrected chi connectivity index (χ2v) is 7.10. The fourth-order valence-corrected chi connectivity index (χ4v) is 3.41. The summed E-state index contributed by atoms with van der Waals surface area (Å²) in [6.45, 7) is 4.51. The lowest BCUT2D eigenvalue weighted by molar-refractivity contribution is -0.116. The monoisotopic (exact) mass is 383 g/mol. The molecule has 0 unspecified atom stereocenters. The third-order valence-electron chi connectivity index (χ3n) is 4.02. The highest BCUT2D eigenvalue weighted by molar-refractivity contribution is 7.14. The number of rotatable bonds is 7. The second-order valence-electron chi connectivity index (χ2n) is 6.24. The third kappa shape index (κ3) is 5.04. The van der Waals surface area contributed by atoms with Gasteiger partial charge >= 0.3 is 0 Å². The van der Waals surface area contributed by atoms with Crippen LogP contribution in [0.15, 0.2) is 46.4 Å². The van der Waals surface area contributed by atoms with Crippen LogP contribution >= 0.6 is 11.3 Å². The van der Waals surface area contributed by atoms with Gasteiger partial charge < -0.3 is 15.1 Å². The molecule has 140 valence electrons. The van der Waals surface area contributed by atoms with E-state index in [1.807, 2.05) is 11.4 Å². The smallest absolute Gasteiger partial charge is 0.286 e. The van der Waals surface area contributed by atoms with Gasteiger partial charge in [-0.15, -0.1) is 11.3 Å². The fraction of sp³-hybridized carbons (Fsp3) is 0.250. The fourth-order valence-electron chi connectivity index (χ4n) is 2.68. The summed E-state index contributed by atoms with van der Waals surface area (Å²) < 4.78 is 5.01. The molecule has 0 aliphatic carbocycles. The Hall–Kier alpha value is -2.93. The van der Waals surface area contributed by atoms with Gasteiger partial charge in [-0.05, 0) is 38.0 Å². The average molecular weight is 383 g/mol. The summed E-state index contributed by atoms with van der Waals surface area (Å²) in [5.74, 6) is -0.136. The first-order valence-corrected chi connectivity index (χ1v) is 9.55. The van der Waals surface area contributed by atoms with Crippen LogP contribution in [0.4, 0.5) is 5.13 Å². The Bertz CT molecular complexity index is 932. The molecule has 3 aromatic rings. The van der Waals surface area contributed by atoms with E-state index in [4.69, 9.17) is 4.42 Å². The molecule has 0 saturated heterocycles. The van der Waals surface area contributed by atoms with Gasteiger partial charge in [0, 0.05) is 23.9 Å². The van der Waals surface area contributed by atoms with Crippen LogP contribution in [0, 0.1) is 13.8 Å². The van der Waals surface area contributed by atoms with E-state index >= 15 is 0 Å². The quantitative estimate of drug-likeness (QED) is 0.600. The van der Waals surface area contributed by atoms with E-state index in [9.17, 15) is 9.59 Å². The molecule has 27 heavy (non-hydrogen) atoms. The van der Waals surface area contributed by atoms with E-state index in [1.54, 1.807) is 12.1 Å². The number of thiazole rings is 1. The van der Waals surface area contributed by atoms with Crippen molar-refractivity contribution in [1.29, 1.82) is 0 Å². The van der Waals surface area contributed by atoms with Crippen LogP contribution in [0.2, 0.25) is 0 Å². The number of nitrogens with one attached hydrogen (secondary N) is 2. The second kappa shape index (κ2) is 8.64. The van der Waals surface area contributed by atoms with Crippen molar-refractivity contribution in [2.75, 3.05) is 11.9 Å². The summed E-state index contributed by atoms with van der Waals surface area (Å²) in [4.78, 5) is 28.3. The van der Waals surface area contributed by atoms with E-state index in [-0.39, 0.29) is 17.6 Å². The first kappa shape index (κ1) is 18.8. The summed E-state index contributed by atoms with van der Waals surface area (Å²) in [5, 5.41) is 8.05. The maximum absolute atomic E-state index is 12.1. The Balaban J connectivity index is 1.46. The molecule has 0 fully saturated rings. The van der Waals surface area contributed by atoms with Crippen molar-refractivity contribution in [3.8, 4) is 11.3 Å². The maximum Gasteiger partial charge on any atom is 0.286 e. The van der Waals surface area contributed by atoms with Crippen molar-refractivity contribution in [2.45, 2.75) is 26.7 Å². The number of carbonyl (C=O) groups excluding carboxylic acids is 2. The molecule has 2 aromatic heterocycles. The number of anilines is 1. The number of hydrogen-bond donors (Lipinski definition) is 2. The van der Waals surface area contributed by atoms with Gasteiger partial charge in [-0.3, -0.25) is 9.59 Å². The molecule has 2 amide bonds. The van der Waals surface area contributed by atoms with E-state index in [1.165, 1.54) is 23.2 Å². The topological polar surface area (TPSA) is 84.2 Å². The number of nitrogens with zero attached hydrogens (tertiary/aromatic N) is 1. The summed E-state index contributed by atoms with van der Waals surface area (Å²) >= 11 is 1.40. The molecule has 7 heteroatoms. The first-order valence-electron chi connectivity index (χ1n) is 8.67. The molecule has 0 atom stereocenters. The Morgan fingerprint density at radius 1 is 1.22 bits per heavy atom. The highest BCUT2D eigenvalue weighted by Crippen LogP contribution is 2.28. The molecular weight excluding hydrogens is 362 g/mol. The van der Waals surface area contributed by atoms with Gasteiger partial charge in [-0.1, -0.05) is 23.8 Å². The molecule has 0 aliphatic rings. The number of carbonyl (C=O) groups is 2. The summed E-state index contributed by atoms with van der Waals surface area (Å²) in [5.41, 5.74) is 4.29. The Labute approximate surface area is 161 Å². The van der Waals surface area contributed by atoms with Gasteiger partial charge in [0.05, 0.1) is 12.0 Å². The van der Waals surface area contributed by atoms with Crippen molar-refractivity contribution in [1.82, 2.24) is 10.3 Å². The largest absolute Gasteiger partial charge is 0.459 e. The van der Waals surface area contributed by atoms with Gasteiger partial charge in [0.2, 0.25) is 5.91 Å².